The number of nitro benzene ring substituents is 1. The monoisotopic (exact) mass is 424 g/mol. The van der Waals surface area contributed by atoms with Gasteiger partial charge in [0.05, 0.1) is 11.0 Å². The number of hydrogen-bond acceptors (Lipinski definition) is 5. The number of hydrogen-bond donors (Lipinski definition) is 1. The van der Waals surface area contributed by atoms with Gasteiger partial charge in [0.15, 0.2) is 0 Å². The number of benzene rings is 2. The molecule has 2 aromatic carbocycles. The van der Waals surface area contributed by atoms with Gasteiger partial charge in [-0.15, -0.1) is 0 Å². The van der Waals surface area contributed by atoms with Gasteiger partial charge >= 0.3 is 0 Å². The molecule has 7 heteroatoms. The fourth-order valence-corrected chi connectivity index (χ4v) is 4.18. The molecule has 7 nitrogen and oxygen atoms in total. The van der Waals surface area contributed by atoms with Gasteiger partial charge in [0.1, 0.15) is 5.69 Å². The van der Waals surface area contributed by atoms with Crippen LogP contribution in [0.25, 0.3) is 0 Å². The summed E-state index contributed by atoms with van der Waals surface area (Å²) in [5, 5.41) is 14.4. The van der Waals surface area contributed by atoms with Gasteiger partial charge in [-0.2, -0.15) is 0 Å². The Morgan fingerprint density at radius 3 is 2.39 bits per heavy atom. The van der Waals surface area contributed by atoms with Gasteiger partial charge in [-0.25, -0.2) is 0 Å². The second kappa shape index (κ2) is 10.4. The summed E-state index contributed by atoms with van der Waals surface area (Å²) in [6.07, 6.45) is 2.39. The standard InChI is InChI=1S/C24H32N4O3/c1-4-18-9-11-19(12-10-18)23(26(2)3)17-25-24(29)20-13-15-27(16-14-20)21-7-5-6-8-22(21)28(30)31/h5-12,20,23H,4,13-17H2,1-3H3,(H,25,29). The van der Waals surface area contributed by atoms with Crippen molar-refractivity contribution in [3.63, 3.8) is 0 Å². The number of carbonyl (C=O) groups excluding carboxylic acids is 1. The minimum atomic E-state index is -0.345. The largest absolute Gasteiger partial charge is 0.366 e. The smallest absolute Gasteiger partial charge is 0.292 e. The maximum absolute atomic E-state index is 12.8. The highest BCUT2D eigenvalue weighted by molar-refractivity contribution is 5.79. The molecule has 1 fully saturated rings. The molecule has 1 unspecified atom stereocenters. The van der Waals surface area contributed by atoms with Gasteiger partial charge in [-0.05, 0) is 50.6 Å². The molecule has 0 spiro atoms. The van der Waals surface area contributed by atoms with Crippen LogP contribution in [0.3, 0.4) is 0 Å². The first-order valence-corrected chi connectivity index (χ1v) is 10.9. The van der Waals surface area contributed by atoms with Crippen molar-refractivity contribution in [1.82, 2.24) is 10.2 Å². The van der Waals surface area contributed by atoms with E-state index in [2.05, 4.69) is 41.4 Å². The molecule has 166 valence electrons. The van der Waals surface area contributed by atoms with Gasteiger partial charge in [-0.3, -0.25) is 14.9 Å². The zero-order valence-electron chi connectivity index (χ0n) is 18.6. The Morgan fingerprint density at radius 2 is 1.81 bits per heavy atom. The number of rotatable bonds is 8. The Bertz CT molecular complexity index is 890. The Hall–Kier alpha value is -2.93. The normalized spacial score (nSPS) is 15.7. The first kappa shape index (κ1) is 22.7. The first-order valence-electron chi connectivity index (χ1n) is 10.9. The molecule has 0 saturated carbocycles. The maximum Gasteiger partial charge on any atom is 0.292 e. The molecule has 1 amide bonds. The van der Waals surface area contributed by atoms with E-state index in [-0.39, 0.29) is 28.5 Å². The number of anilines is 1. The fourth-order valence-electron chi connectivity index (χ4n) is 4.18. The van der Waals surface area contributed by atoms with Crippen LogP contribution in [0.2, 0.25) is 0 Å². The van der Waals surface area contributed by atoms with Crippen molar-refractivity contribution in [3.8, 4) is 0 Å². The second-order valence-corrected chi connectivity index (χ2v) is 8.33. The van der Waals surface area contributed by atoms with E-state index in [1.165, 1.54) is 17.2 Å². The summed E-state index contributed by atoms with van der Waals surface area (Å²) in [5.41, 5.74) is 3.24. The van der Waals surface area contributed by atoms with Crippen molar-refractivity contribution in [3.05, 3.63) is 69.8 Å². The third kappa shape index (κ3) is 5.61. The lowest BCUT2D eigenvalue weighted by Crippen LogP contribution is -2.43. The highest BCUT2D eigenvalue weighted by Gasteiger charge is 2.28. The number of nitrogens with one attached hydrogen (secondary N) is 1. The van der Waals surface area contributed by atoms with E-state index in [1.54, 1.807) is 12.1 Å². The van der Waals surface area contributed by atoms with E-state index in [1.807, 2.05) is 25.1 Å². The number of nitro groups is 1. The van der Waals surface area contributed by atoms with E-state index < -0.39 is 0 Å². The molecule has 0 aromatic heterocycles. The molecule has 1 saturated heterocycles. The van der Waals surface area contributed by atoms with E-state index in [9.17, 15) is 14.9 Å². The van der Waals surface area contributed by atoms with Crippen LogP contribution in [0.1, 0.15) is 36.9 Å². The van der Waals surface area contributed by atoms with Gasteiger partial charge in [0.25, 0.3) is 5.69 Å². The minimum Gasteiger partial charge on any atom is -0.366 e. The highest BCUT2D eigenvalue weighted by Crippen LogP contribution is 2.31. The van der Waals surface area contributed by atoms with Crippen LogP contribution in [0, 0.1) is 16.0 Å². The fraction of sp³-hybridized carbons (Fsp3) is 0.458. The summed E-state index contributed by atoms with van der Waals surface area (Å²) in [6, 6.07) is 15.5. The van der Waals surface area contributed by atoms with Crippen molar-refractivity contribution in [2.24, 2.45) is 5.92 Å². The van der Waals surface area contributed by atoms with E-state index in [4.69, 9.17) is 0 Å². The molecular weight excluding hydrogens is 392 g/mol. The molecule has 1 heterocycles. The average Bonchev–Trinajstić information content (AvgIpc) is 2.79. The number of amides is 1. The van der Waals surface area contributed by atoms with E-state index in [0.717, 1.165) is 6.42 Å². The second-order valence-electron chi connectivity index (χ2n) is 8.33. The number of para-hydroxylation sites is 2. The SMILES string of the molecule is CCc1ccc(C(CNC(=O)C2CCN(c3ccccc3[N+](=O)[O-])CC2)N(C)C)cc1. The first-order chi connectivity index (χ1) is 14.9. The molecule has 1 aliphatic rings. The van der Waals surface area contributed by atoms with Crippen LogP contribution >= 0.6 is 0 Å². The molecule has 0 radical (unpaired) electrons. The average molecular weight is 425 g/mol. The maximum atomic E-state index is 12.8. The lowest BCUT2D eigenvalue weighted by atomic mass is 9.95. The van der Waals surface area contributed by atoms with E-state index >= 15 is 0 Å². The van der Waals surface area contributed by atoms with Crippen molar-refractivity contribution >= 4 is 17.3 Å². The van der Waals surface area contributed by atoms with Gasteiger partial charge in [-0.1, -0.05) is 43.3 Å². The summed E-state index contributed by atoms with van der Waals surface area (Å²) in [4.78, 5) is 27.9. The Balaban J connectivity index is 1.56. The molecule has 3 rings (SSSR count). The van der Waals surface area contributed by atoms with Crippen LogP contribution in [0.15, 0.2) is 48.5 Å². The lowest BCUT2D eigenvalue weighted by Gasteiger charge is -2.33. The minimum absolute atomic E-state index is 0.0655. The number of piperidine rings is 1. The molecule has 0 aliphatic carbocycles. The van der Waals surface area contributed by atoms with Crippen LogP contribution < -0.4 is 10.2 Å². The van der Waals surface area contributed by atoms with E-state index in [0.29, 0.717) is 38.2 Å². The molecule has 1 atom stereocenters. The number of carbonyl (C=O) groups is 1. The Kier molecular flexibility index (Phi) is 7.63. The molecule has 2 aromatic rings. The summed E-state index contributed by atoms with van der Waals surface area (Å²) in [6.45, 7) is 3.97. The van der Waals surface area contributed by atoms with Gasteiger partial charge < -0.3 is 15.1 Å². The van der Waals surface area contributed by atoms with Gasteiger partial charge in [0, 0.05) is 31.6 Å². The van der Waals surface area contributed by atoms with Crippen LogP contribution in [-0.4, -0.2) is 49.5 Å². The molecule has 1 aliphatic heterocycles. The molecule has 31 heavy (non-hydrogen) atoms. The van der Waals surface area contributed by atoms with Gasteiger partial charge in [0.2, 0.25) is 5.91 Å². The zero-order chi connectivity index (χ0) is 22.4. The molecular formula is C24H32N4O3. The third-order valence-electron chi connectivity index (χ3n) is 6.15. The molecule has 1 N–H and O–H groups in total. The van der Waals surface area contributed by atoms with Crippen molar-refractivity contribution in [2.75, 3.05) is 38.6 Å². The topological polar surface area (TPSA) is 78.7 Å². The third-order valence-corrected chi connectivity index (χ3v) is 6.15. The Labute approximate surface area is 184 Å². The summed E-state index contributed by atoms with van der Waals surface area (Å²) < 4.78 is 0. The predicted molar refractivity (Wildman–Crippen MR) is 123 cm³/mol. The van der Waals surface area contributed by atoms with Crippen LogP contribution in [0.4, 0.5) is 11.4 Å². The summed E-state index contributed by atoms with van der Waals surface area (Å²) in [7, 11) is 4.05. The predicted octanol–water partition coefficient (Wildman–Crippen LogP) is 3.79. The summed E-state index contributed by atoms with van der Waals surface area (Å²) in [5.74, 6) is 0.00328. The quantitative estimate of drug-likeness (QED) is 0.515. The number of nitrogens with zero attached hydrogens (tertiary/aromatic N) is 3. The lowest BCUT2D eigenvalue weighted by molar-refractivity contribution is -0.384. The van der Waals surface area contributed by atoms with Crippen LogP contribution in [-0.2, 0) is 11.2 Å². The Morgan fingerprint density at radius 1 is 1.16 bits per heavy atom. The number of aryl methyl sites for hydroxylation is 1. The van der Waals surface area contributed by atoms with Crippen molar-refractivity contribution in [1.29, 1.82) is 0 Å². The summed E-state index contributed by atoms with van der Waals surface area (Å²) >= 11 is 0. The molecule has 0 bridgehead atoms. The highest BCUT2D eigenvalue weighted by atomic mass is 16.6. The van der Waals surface area contributed by atoms with Crippen molar-refractivity contribution in [2.45, 2.75) is 32.2 Å². The van der Waals surface area contributed by atoms with Crippen molar-refractivity contribution < 1.29 is 9.72 Å². The number of likely N-dealkylation sites (N-methyl/N-ethyl adjacent to an activating group) is 1. The zero-order valence-corrected chi connectivity index (χ0v) is 18.6. The van der Waals surface area contributed by atoms with Crippen LogP contribution in [0.5, 0.6) is 0 Å².